The van der Waals surface area contributed by atoms with E-state index in [1.165, 1.54) is 19.1 Å². The molecule has 0 aliphatic carbocycles. The number of hydrogen-bond donors (Lipinski definition) is 1. The topological polar surface area (TPSA) is 70.8 Å². The highest BCUT2D eigenvalue weighted by atomic mass is 35.5. The van der Waals surface area contributed by atoms with Crippen LogP contribution in [0.1, 0.15) is 18.5 Å². The smallest absolute Gasteiger partial charge is 0.379 e. The molecule has 0 saturated heterocycles. The van der Waals surface area contributed by atoms with Gasteiger partial charge in [-0.1, -0.05) is 11.6 Å². The Labute approximate surface area is 130 Å². The lowest BCUT2D eigenvalue weighted by Gasteiger charge is -2.22. The van der Waals surface area contributed by atoms with Crippen molar-refractivity contribution in [1.82, 2.24) is 0 Å². The zero-order valence-electron chi connectivity index (χ0n) is 10.9. The van der Waals surface area contributed by atoms with Crippen LogP contribution in [0.3, 0.4) is 0 Å². The summed E-state index contributed by atoms with van der Waals surface area (Å²) >= 11 is 5.89. The summed E-state index contributed by atoms with van der Waals surface area (Å²) in [7, 11) is 0. The zero-order chi connectivity index (χ0) is 14.9. The molecule has 1 aliphatic rings. The Kier molecular flexibility index (Phi) is 5.61. The number of nitrogens with two attached hydrogens (primary N) is 1. The molecule has 0 spiro atoms. The van der Waals surface area contributed by atoms with Crippen LogP contribution in [0.25, 0.3) is 0 Å². The van der Waals surface area contributed by atoms with Gasteiger partial charge < -0.3 is 19.9 Å². The summed E-state index contributed by atoms with van der Waals surface area (Å²) in [6.45, 7) is 1.22. The van der Waals surface area contributed by atoms with Gasteiger partial charge in [0.2, 0.25) is 6.79 Å². The van der Waals surface area contributed by atoms with E-state index in [2.05, 4.69) is 4.74 Å². The van der Waals surface area contributed by atoms with Gasteiger partial charge in [-0.2, -0.15) is 8.78 Å². The maximum atomic E-state index is 13.9. The third-order valence-corrected chi connectivity index (χ3v) is 3.09. The minimum atomic E-state index is -3.90. The summed E-state index contributed by atoms with van der Waals surface area (Å²) in [4.78, 5) is 11.3. The summed E-state index contributed by atoms with van der Waals surface area (Å²) in [5.74, 6) is -5.00. The van der Waals surface area contributed by atoms with Gasteiger partial charge >= 0.3 is 11.9 Å². The monoisotopic (exact) mass is 343 g/mol. The van der Waals surface area contributed by atoms with Gasteiger partial charge in [0.15, 0.2) is 11.5 Å². The fraction of sp³-hybridized carbons (Fsp3) is 0.417. The standard InChI is InChI=1S/C12H12ClF2NO4.ClH/c1-2-18-11(17)12(14,15)10(16)6-3-8-9(4-7(6)13)20-5-19-8;/h3-4,10H,2,5,16H2,1H3;1H/t10-;/m0./s1. The van der Waals surface area contributed by atoms with E-state index < -0.39 is 17.9 Å². The molecule has 2 rings (SSSR count). The Bertz CT molecular complexity index is 542. The zero-order valence-corrected chi connectivity index (χ0v) is 12.5. The molecule has 0 amide bonds. The Morgan fingerprint density at radius 3 is 2.62 bits per heavy atom. The van der Waals surface area contributed by atoms with Crippen LogP contribution >= 0.6 is 24.0 Å². The molecule has 1 aliphatic heterocycles. The number of benzene rings is 1. The van der Waals surface area contributed by atoms with Crippen molar-refractivity contribution < 1.29 is 27.8 Å². The predicted octanol–water partition coefficient (Wildman–Crippen LogP) is 2.69. The van der Waals surface area contributed by atoms with Crippen molar-refractivity contribution in [2.24, 2.45) is 5.73 Å². The molecule has 0 fully saturated rings. The normalized spacial score (nSPS) is 14.3. The highest BCUT2D eigenvalue weighted by Crippen LogP contribution is 2.42. The Morgan fingerprint density at radius 2 is 2.05 bits per heavy atom. The summed E-state index contributed by atoms with van der Waals surface area (Å²) in [5, 5.41) is -0.0364. The lowest BCUT2D eigenvalue weighted by Crippen LogP contribution is -2.41. The molecule has 0 radical (unpaired) electrons. The van der Waals surface area contributed by atoms with E-state index in [9.17, 15) is 13.6 Å². The number of halogens is 4. The van der Waals surface area contributed by atoms with Crippen LogP contribution in [-0.2, 0) is 9.53 Å². The van der Waals surface area contributed by atoms with E-state index >= 15 is 0 Å². The van der Waals surface area contributed by atoms with Crippen LogP contribution in [0, 0.1) is 0 Å². The summed E-state index contributed by atoms with van der Waals surface area (Å²) in [5.41, 5.74) is 5.35. The van der Waals surface area contributed by atoms with Crippen LogP contribution in [0.15, 0.2) is 12.1 Å². The SMILES string of the molecule is CCOC(=O)C(F)(F)[C@@H](N)c1cc2c(cc1Cl)OCO2.Cl. The highest BCUT2D eigenvalue weighted by Gasteiger charge is 2.48. The molecule has 9 heteroatoms. The van der Waals surface area contributed by atoms with Crippen molar-refractivity contribution in [3.8, 4) is 11.5 Å². The minimum Gasteiger partial charge on any atom is -0.462 e. The quantitative estimate of drug-likeness (QED) is 0.851. The van der Waals surface area contributed by atoms with Crippen molar-refractivity contribution in [3.63, 3.8) is 0 Å². The average molecular weight is 344 g/mol. The van der Waals surface area contributed by atoms with Gasteiger partial charge in [0.05, 0.1) is 6.61 Å². The largest absolute Gasteiger partial charge is 0.462 e. The number of carbonyl (C=O) groups is 1. The maximum Gasteiger partial charge on any atom is 0.379 e. The van der Waals surface area contributed by atoms with E-state index in [1.54, 1.807) is 0 Å². The van der Waals surface area contributed by atoms with Crippen molar-refractivity contribution >= 4 is 30.0 Å². The first kappa shape index (κ1) is 17.7. The van der Waals surface area contributed by atoms with Gasteiger partial charge in [-0.25, -0.2) is 4.79 Å². The highest BCUT2D eigenvalue weighted by molar-refractivity contribution is 6.31. The van der Waals surface area contributed by atoms with E-state index in [4.69, 9.17) is 26.8 Å². The molecule has 2 N–H and O–H groups in total. The molecular weight excluding hydrogens is 331 g/mol. The van der Waals surface area contributed by atoms with Gasteiger partial charge in [-0.15, -0.1) is 12.4 Å². The van der Waals surface area contributed by atoms with Crippen molar-refractivity contribution in [1.29, 1.82) is 0 Å². The van der Waals surface area contributed by atoms with Gasteiger partial charge in [0.25, 0.3) is 0 Å². The van der Waals surface area contributed by atoms with Crippen LogP contribution < -0.4 is 15.2 Å². The van der Waals surface area contributed by atoms with Crippen molar-refractivity contribution in [3.05, 3.63) is 22.7 Å². The molecule has 0 bridgehead atoms. The van der Waals surface area contributed by atoms with Gasteiger partial charge in [0.1, 0.15) is 6.04 Å². The number of rotatable bonds is 4. The van der Waals surface area contributed by atoms with E-state index in [0.29, 0.717) is 5.75 Å². The average Bonchev–Trinajstić information content (AvgIpc) is 2.84. The molecule has 0 saturated carbocycles. The Balaban J connectivity index is 0.00000220. The molecule has 118 valence electrons. The number of carbonyl (C=O) groups excluding carboxylic acids is 1. The summed E-state index contributed by atoms with van der Waals surface area (Å²) in [6.07, 6.45) is 0. The summed E-state index contributed by atoms with van der Waals surface area (Å²) < 4.78 is 42.2. The molecule has 5 nitrogen and oxygen atoms in total. The fourth-order valence-corrected chi connectivity index (χ4v) is 1.99. The van der Waals surface area contributed by atoms with E-state index in [1.807, 2.05) is 0 Å². The second kappa shape index (κ2) is 6.64. The molecule has 0 unspecified atom stereocenters. The number of ether oxygens (including phenoxy) is 3. The number of esters is 1. The molecule has 1 atom stereocenters. The minimum absolute atomic E-state index is 0. The first-order valence-corrected chi connectivity index (χ1v) is 6.15. The number of alkyl halides is 2. The molecule has 1 aromatic rings. The van der Waals surface area contributed by atoms with Gasteiger partial charge in [-0.05, 0) is 18.6 Å². The second-order valence-corrected chi connectivity index (χ2v) is 4.46. The summed E-state index contributed by atoms with van der Waals surface area (Å²) in [6, 6.07) is 0.617. The molecular formula is C12H13Cl2F2NO4. The first-order valence-electron chi connectivity index (χ1n) is 5.77. The van der Waals surface area contributed by atoms with Crippen LogP contribution in [0.4, 0.5) is 8.78 Å². The maximum absolute atomic E-state index is 13.9. The molecule has 0 aromatic heterocycles. The molecule has 21 heavy (non-hydrogen) atoms. The van der Waals surface area contributed by atoms with Crippen molar-refractivity contribution in [2.75, 3.05) is 13.4 Å². The van der Waals surface area contributed by atoms with Crippen LogP contribution in [-0.4, -0.2) is 25.3 Å². The lowest BCUT2D eigenvalue weighted by molar-refractivity contribution is -0.174. The Hall–Kier alpha value is -1.31. The Morgan fingerprint density at radius 1 is 1.48 bits per heavy atom. The van der Waals surface area contributed by atoms with E-state index in [-0.39, 0.29) is 42.1 Å². The third-order valence-electron chi connectivity index (χ3n) is 2.77. The molecule has 1 heterocycles. The number of hydrogen-bond acceptors (Lipinski definition) is 5. The van der Waals surface area contributed by atoms with Crippen LogP contribution in [0.2, 0.25) is 5.02 Å². The van der Waals surface area contributed by atoms with Crippen molar-refractivity contribution in [2.45, 2.75) is 18.9 Å². The predicted molar refractivity (Wildman–Crippen MR) is 73.3 cm³/mol. The lowest BCUT2D eigenvalue weighted by atomic mass is 10.0. The van der Waals surface area contributed by atoms with Gasteiger partial charge in [-0.3, -0.25) is 0 Å². The van der Waals surface area contributed by atoms with Crippen LogP contribution in [0.5, 0.6) is 11.5 Å². The molecule has 1 aromatic carbocycles. The first-order chi connectivity index (χ1) is 9.37. The van der Waals surface area contributed by atoms with Gasteiger partial charge in [0, 0.05) is 11.1 Å². The second-order valence-electron chi connectivity index (χ2n) is 4.05. The third kappa shape index (κ3) is 3.30. The number of fused-ring (bicyclic) bond motifs is 1. The fourth-order valence-electron chi connectivity index (χ4n) is 1.72. The van der Waals surface area contributed by atoms with E-state index in [0.717, 1.165) is 0 Å².